The van der Waals surface area contributed by atoms with Crippen molar-refractivity contribution < 1.29 is 23.8 Å². The highest BCUT2D eigenvalue weighted by Crippen LogP contribution is 2.31. The van der Waals surface area contributed by atoms with Crippen LogP contribution in [0, 0.1) is 5.92 Å². The van der Waals surface area contributed by atoms with E-state index in [1.165, 1.54) is 14.2 Å². The van der Waals surface area contributed by atoms with Crippen LogP contribution in [-0.4, -0.2) is 43.8 Å². The lowest BCUT2D eigenvalue weighted by Gasteiger charge is -2.25. The summed E-state index contributed by atoms with van der Waals surface area (Å²) in [4.78, 5) is 25.6. The lowest BCUT2D eigenvalue weighted by molar-refractivity contribution is -0.131. The van der Waals surface area contributed by atoms with Crippen LogP contribution in [0.1, 0.15) is 25.5 Å². The maximum atomic E-state index is 12.7. The third kappa shape index (κ3) is 3.24. The van der Waals surface area contributed by atoms with Gasteiger partial charge in [0, 0.05) is 0 Å². The van der Waals surface area contributed by atoms with Crippen molar-refractivity contribution >= 4 is 12.0 Å². The van der Waals surface area contributed by atoms with E-state index < -0.39 is 18.0 Å². The fourth-order valence-corrected chi connectivity index (χ4v) is 2.52. The standard InChI is InChI=1S/C16H22N2O5/c1-9(2)11-8-23-16(20)18(11)15(19)14(17)10-5-6-12(21-3)13(7-10)22-4/h5-7,9,11,14H,8,17H2,1-4H3/t11-,14?/m1/s1. The molecule has 2 atom stereocenters. The molecule has 1 aliphatic rings. The number of nitrogens with two attached hydrogens (primary N) is 1. The van der Waals surface area contributed by atoms with E-state index >= 15 is 0 Å². The van der Waals surface area contributed by atoms with Gasteiger partial charge in [0.05, 0.1) is 20.3 Å². The van der Waals surface area contributed by atoms with Crippen LogP contribution >= 0.6 is 0 Å². The first kappa shape index (κ1) is 17.1. The molecule has 126 valence electrons. The first-order valence-corrected chi connectivity index (χ1v) is 7.38. The topological polar surface area (TPSA) is 91.1 Å². The number of methoxy groups -OCH3 is 2. The lowest BCUT2D eigenvalue weighted by atomic mass is 10.0. The highest BCUT2D eigenvalue weighted by molar-refractivity contribution is 5.97. The molecule has 23 heavy (non-hydrogen) atoms. The van der Waals surface area contributed by atoms with Gasteiger partial charge >= 0.3 is 6.09 Å². The van der Waals surface area contributed by atoms with Crippen LogP contribution in [-0.2, 0) is 9.53 Å². The number of carbonyl (C=O) groups is 2. The number of ether oxygens (including phenoxy) is 3. The Morgan fingerprint density at radius 1 is 1.30 bits per heavy atom. The molecule has 2 N–H and O–H groups in total. The second kappa shape index (κ2) is 6.87. The summed E-state index contributed by atoms with van der Waals surface area (Å²) in [6.45, 7) is 4.05. The van der Waals surface area contributed by atoms with Crippen LogP contribution in [0.2, 0.25) is 0 Å². The van der Waals surface area contributed by atoms with Crippen molar-refractivity contribution in [3.05, 3.63) is 23.8 Å². The van der Waals surface area contributed by atoms with E-state index in [9.17, 15) is 9.59 Å². The van der Waals surface area contributed by atoms with Crippen LogP contribution in [0.25, 0.3) is 0 Å². The minimum absolute atomic E-state index is 0.0861. The average Bonchev–Trinajstić information content (AvgIpc) is 2.94. The first-order valence-electron chi connectivity index (χ1n) is 7.38. The minimum atomic E-state index is -0.985. The predicted octanol–water partition coefficient (Wildman–Crippen LogP) is 1.71. The van der Waals surface area contributed by atoms with E-state index in [2.05, 4.69) is 0 Å². The molecular formula is C16H22N2O5. The maximum absolute atomic E-state index is 12.7. The second-order valence-corrected chi connectivity index (χ2v) is 5.69. The van der Waals surface area contributed by atoms with Crippen LogP contribution in [0.5, 0.6) is 11.5 Å². The minimum Gasteiger partial charge on any atom is -0.493 e. The molecule has 0 aliphatic carbocycles. The van der Waals surface area contributed by atoms with Crippen molar-refractivity contribution in [2.45, 2.75) is 25.9 Å². The van der Waals surface area contributed by atoms with Crippen molar-refractivity contribution in [1.82, 2.24) is 4.90 Å². The van der Waals surface area contributed by atoms with Gasteiger partial charge in [-0.2, -0.15) is 0 Å². The zero-order valence-electron chi connectivity index (χ0n) is 13.7. The molecule has 0 bridgehead atoms. The van der Waals surface area contributed by atoms with Gasteiger partial charge in [-0.05, 0) is 23.6 Å². The Morgan fingerprint density at radius 2 is 1.96 bits per heavy atom. The summed E-state index contributed by atoms with van der Waals surface area (Å²) in [6.07, 6.45) is -0.648. The van der Waals surface area contributed by atoms with Gasteiger partial charge in [0.1, 0.15) is 12.6 Å². The molecule has 1 heterocycles. The van der Waals surface area contributed by atoms with Crippen molar-refractivity contribution in [2.24, 2.45) is 11.7 Å². The van der Waals surface area contributed by atoms with Gasteiger partial charge in [-0.25, -0.2) is 9.69 Å². The number of amides is 2. The van der Waals surface area contributed by atoms with E-state index in [1.54, 1.807) is 18.2 Å². The zero-order valence-corrected chi connectivity index (χ0v) is 13.7. The molecule has 2 amide bonds. The number of imide groups is 1. The molecule has 1 aromatic rings. The van der Waals surface area contributed by atoms with E-state index in [0.29, 0.717) is 17.1 Å². The average molecular weight is 322 g/mol. The predicted molar refractivity (Wildman–Crippen MR) is 83.3 cm³/mol. The summed E-state index contributed by atoms with van der Waals surface area (Å²) in [5.41, 5.74) is 6.60. The van der Waals surface area contributed by atoms with Crippen molar-refractivity contribution in [3.63, 3.8) is 0 Å². The molecule has 0 radical (unpaired) electrons. The fourth-order valence-electron chi connectivity index (χ4n) is 2.52. The van der Waals surface area contributed by atoms with Crippen LogP contribution in [0.15, 0.2) is 18.2 Å². The molecule has 1 saturated heterocycles. The quantitative estimate of drug-likeness (QED) is 0.887. The molecule has 7 nitrogen and oxygen atoms in total. The van der Waals surface area contributed by atoms with Gasteiger partial charge in [-0.1, -0.05) is 19.9 Å². The van der Waals surface area contributed by atoms with E-state index in [-0.39, 0.29) is 18.6 Å². The normalized spacial score (nSPS) is 18.8. The Hall–Kier alpha value is -2.28. The molecule has 2 rings (SSSR count). The van der Waals surface area contributed by atoms with Gasteiger partial charge in [0.2, 0.25) is 0 Å². The smallest absolute Gasteiger partial charge is 0.417 e. The van der Waals surface area contributed by atoms with Crippen LogP contribution in [0.3, 0.4) is 0 Å². The molecule has 1 aromatic carbocycles. The largest absolute Gasteiger partial charge is 0.493 e. The summed E-state index contributed by atoms with van der Waals surface area (Å²) in [5, 5.41) is 0. The van der Waals surface area contributed by atoms with Crippen molar-refractivity contribution in [2.75, 3.05) is 20.8 Å². The summed E-state index contributed by atoms with van der Waals surface area (Å²) in [5.74, 6) is 0.607. The lowest BCUT2D eigenvalue weighted by Crippen LogP contribution is -2.46. The van der Waals surface area contributed by atoms with E-state index in [1.807, 2.05) is 13.8 Å². The Balaban J connectivity index is 2.27. The molecule has 0 aromatic heterocycles. The first-order chi connectivity index (χ1) is 10.9. The molecule has 1 aliphatic heterocycles. The number of cyclic esters (lactones) is 1. The summed E-state index contributed by atoms with van der Waals surface area (Å²) >= 11 is 0. The van der Waals surface area contributed by atoms with Gasteiger partial charge in [0.15, 0.2) is 11.5 Å². The molecule has 0 saturated carbocycles. The van der Waals surface area contributed by atoms with Gasteiger partial charge < -0.3 is 19.9 Å². The van der Waals surface area contributed by atoms with E-state index in [4.69, 9.17) is 19.9 Å². The Bertz CT molecular complexity index is 602. The number of benzene rings is 1. The fraction of sp³-hybridized carbons (Fsp3) is 0.500. The zero-order chi connectivity index (χ0) is 17.1. The number of hydrogen-bond donors (Lipinski definition) is 1. The molecule has 7 heteroatoms. The molecule has 0 spiro atoms. The van der Waals surface area contributed by atoms with Crippen molar-refractivity contribution in [1.29, 1.82) is 0 Å². The number of rotatable bonds is 5. The van der Waals surface area contributed by atoms with Crippen LogP contribution in [0.4, 0.5) is 4.79 Å². The molecule has 1 unspecified atom stereocenters. The van der Waals surface area contributed by atoms with Gasteiger partial charge in [-0.15, -0.1) is 0 Å². The Morgan fingerprint density at radius 3 is 2.52 bits per heavy atom. The summed E-state index contributed by atoms with van der Waals surface area (Å²) in [7, 11) is 3.03. The van der Waals surface area contributed by atoms with Crippen molar-refractivity contribution in [3.8, 4) is 11.5 Å². The third-order valence-corrected chi connectivity index (χ3v) is 3.95. The molecular weight excluding hydrogens is 300 g/mol. The number of hydrogen-bond acceptors (Lipinski definition) is 6. The number of nitrogens with zero attached hydrogens (tertiary/aromatic N) is 1. The Labute approximate surface area is 135 Å². The monoisotopic (exact) mass is 322 g/mol. The highest BCUT2D eigenvalue weighted by atomic mass is 16.6. The van der Waals surface area contributed by atoms with Gasteiger partial charge in [0.25, 0.3) is 5.91 Å². The maximum Gasteiger partial charge on any atom is 0.417 e. The summed E-state index contributed by atoms with van der Waals surface area (Å²) < 4.78 is 15.4. The second-order valence-electron chi connectivity index (χ2n) is 5.69. The SMILES string of the molecule is COc1ccc(C(N)C(=O)N2C(=O)OC[C@@H]2C(C)C)cc1OC. The highest BCUT2D eigenvalue weighted by Gasteiger charge is 2.41. The third-order valence-electron chi connectivity index (χ3n) is 3.95. The Kier molecular flexibility index (Phi) is 5.10. The molecule has 1 fully saturated rings. The van der Waals surface area contributed by atoms with Crippen LogP contribution < -0.4 is 15.2 Å². The van der Waals surface area contributed by atoms with E-state index in [0.717, 1.165) is 4.90 Å². The number of carbonyl (C=O) groups excluding carboxylic acids is 2. The summed E-state index contributed by atoms with van der Waals surface area (Å²) in [6, 6.07) is 3.69. The van der Waals surface area contributed by atoms with Gasteiger partial charge in [-0.3, -0.25) is 4.79 Å².